The standard InChI is InChI=1S/C13H19N4/c1-13(2,3)11-7-6-10(8-14)12(16-11)17(4,5)9-15/h6-7,9,15H,1-5H3/q+1. The van der Waals surface area contributed by atoms with Crippen LogP contribution in [0.2, 0.25) is 0 Å². The van der Waals surface area contributed by atoms with Gasteiger partial charge in [0.05, 0.1) is 19.8 Å². The fourth-order valence-corrected chi connectivity index (χ4v) is 1.45. The molecule has 4 heteroatoms. The van der Waals surface area contributed by atoms with Gasteiger partial charge in [-0.05, 0) is 12.1 Å². The Balaban J connectivity index is 3.47. The van der Waals surface area contributed by atoms with Gasteiger partial charge in [-0.25, -0.2) is 4.48 Å². The van der Waals surface area contributed by atoms with Crippen LogP contribution in [0.3, 0.4) is 0 Å². The number of nitriles is 1. The maximum Gasteiger partial charge on any atom is 0.251 e. The minimum absolute atomic E-state index is 0.0647. The number of hydrogen-bond donors (Lipinski definition) is 1. The van der Waals surface area contributed by atoms with Crippen molar-refractivity contribution >= 4 is 12.2 Å². The topological polar surface area (TPSA) is 60.5 Å². The lowest BCUT2D eigenvalue weighted by atomic mass is 9.91. The summed E-state index contributed by atoms with van der Waals surface area (Å²) < 4.78 is 0.173. The summed E-state index contributed by atoms with van der Waals surface area (Å²) in [5.74, 6) is 0.620. The third kappa shape index (κ3) is 2.69. The van der Waals surface area contributed by atoms with E-state index in [0.717, 1.165) is 5.69 Å². The SMILES string of the molecule is CC(C)(C)c1ccc(C#N)c([N+](C)(C)C=N)n1. The number of aromatic nitrogens is 1. The highest BCUT2D eigenvalue weighted by atomic mass is 15.4. The first kappa shape index (κ1) is 13.3. The average molecular weight is 231 g/mol. The van der Waals surface area contributed by atoms with Crippen LogP contribution in [0.15, 0.2) is 12.1 Å². The Morgan fingerprint density at radius 1 is 1.35 bits per heavy atom. The minimum Gasteiger partial charge on any atom is -0.257 e. The molecule has 1 heterocycles. The fraction of sp³-hybridized carbons (Fsp3) is 0.462. The van der Waals surface area contributed by atoms with Crippen LogP contribution in [0.25, 0.3) is 0 Å². The van der Waals surface area contributed by atoms with E-state index < -0.39 is 0 Å². The second-order valence-electron chi connectivity index (χ2n) is 5.60. The van der Waals surface area contributed by atoms with Crippen molar-refractivity contribution in [1.82, 2.24) is 9.47 Å². The van der Waals surface area contributed by atoms with Gasteiger partial charge in [-0.1, -0.05) is 20.8 Å². The number of nitrogens with one attached hydrogen (secondary N) is 1. The molecule has 17 heavy (non-hydrogen) atoms. The van der Waals surface area contributed by atoms with Gasteiger partial charge in [0.25, 0.3) is 5.82 Å². The molecule has 90 valence electrons. The summed E-state index contributed by atoms with van der Waals surface area (Å²) in [5, 5.41) is 16.5. The van der Waals surface area contributed by atoms with E-state index in [9.17, 15) is 0 Å². The summed E-state index contributed by atoms with van der Waals surface area (Å²) >= 11 is 0. The van der Waals surface area contributed by atoms with Gasteiger partial charge in [-0.3, -0.25) is 5.41 Å². The molecule has 1 rings (SSSR count). The van der Waals surface area contributed by atoms with E-state index in [1.54, 1.807) is 6.07 Å². The smallest absolute Gasteiger partial charge is 0.251 e. The van der Waals surface area contributed by atoms with E-state index in [-0.39, 0.29) is 9.90 Å². The zero-order valence-corrected chi connectivity index (χ0v) is 11.1. The molecule has 1 N–H and O–H groups in total. The van der Waals surface area contributed by atoms with Crippen LogP contribution >= 0.6 is 0 Å². The van der Waals surface area contributed by atoms with Crippen molar-refractivity contribution in [3.8, 4) is 6.07 Å². The van der Waals surface area contributed by atoms with Gasteiger partial charge >= 0.3 is 0 Å². The van der Waals surface area contributed by atoms with E-state index in [0.29, 0.717) is 11.4 Å². The number of quaternary nitrogens is 1. The molecule has 0 saturated carbocycles. The minimum atomic E-state index is -0.0647. The van der Waals surface area contributed by atoms with E-state index >= 15 is 0 Å². The van der Waals surface area contributed by atoms with Gasteiger partial charge in [-0.2, -0.15) is 10.2 Å². The first-order valence-electron chi connectivity index (χ1n) is 5.50. The van der Waals surface area contributed by atoms with Crippen molar-refractivity contribution in [2.24, 2.45) is 0 Å². The Morgan fingerprint density at radius 3 is 2.35 bits per heavy atom. The third-order valence-corrected chi connectivity index (χ3v) is 2.63. The highest BCUT2D eigenvalue weighted by Gasteiger charge is 2.26. The quantitative estimate of drug-likeness (QED) is 0.482. The average Bonchev–Trinajstić information content (AvgIpc) is 2.27. The van der Waals surface area contributed by atoms with E-state index in [1.165, 1.54) is 6.34 Å². The van der Waals surface area contributed by atoms with Gasteiger partial charge in [0.1, 0.15) is 11.6 Å². The Morgan fingerprint density at radius 2 is 1.94 bits per heavy atom. The van der Waals surface area contributed by atoms with Gasteiger partial charge in [0.15, 0.2) is 6.34 Å². The van der Waals surface area contributed by atoms with Crippen molar-refractivity contribution in [3.63, 3.8) is 0 Å². The Bertz CT molecular complexity index is 475. The summed E-state index contributed by atoms with van der Waals surface area (Å²) in [6, 6.07) is 5.80. The molecule has 0 aliphatic heterocycles. The molecular formula is C13H19N4+. The fourth-order valence-electron chi connectivity index (χ4n) is 1.45. The summed E-state index contributed by atoms with van der Waals surface area (Å²) in [5.41, 5.74) is 1.39. The number of rotatable bonds is 2. The maximum absolute atomic E-state index is 9.10. The lowest BCUT2D eigenvalue weighted by molar-refractivity contribution is 0.543. The van der Waals surface area contributed by atoms with E-state index in [1.807, 2.05) is 20.2 Å². The Kier molecular flexibility index (Phi) is 3.35. The monoisotopic (exact) mass is 231 g/mol. The van der Waals surface area contributed by atoms with Crippen LogP contribution in [-0.4, -0.2) is 25.4 Å². The van der Waals surface area contributed by atoms with Crippen molar-refractivity contribution in [3.05, 3.63) is 23.4 Å². The molecule has 0 fully saturated rings. The first-order chi connectivity index (χ1) is 7.72. The van der Waals surface area contributed by atoms with Crippen LogP contribution in [-0.2, 0) is 5.41 Å². The number of hydrogen-bond acceptors (Lipinski definition) is 3. The molecule has 1 aromatic heterocycles. The molecule has 0 unspecified atom stereocenters. The predicted molar refractivity (Wildman–Crippen MR) is 70.1 cm³/mol. The molecule has 0 saturated heterocycles. The Hall–Kier alpha value is -1.73. The molecule has 0 spiro atoms. The zero-order valence-electron chi connectivity index (χ0n) is 11.1. The van der Waals surface area contributed by atoms with Gasteiger partial charge in [-0.15, -0.1) is 0 Å². The molecule has 0 aliphatic rings. The normalized spacial score (nSPS) is 12.0. The second-order valence-corrected chi connectivity index (χ2v) is 5.60. The molecule has 0 aliphatic carbocycles. The number of nitrogens with zero attached hydrogens (tertiary/aromatic N) is 3. The summed E-state index contributed by atoms with van der Waals surface area (Å²) in [4.78, 5) is 4.56. The first-order valence-corrected chi connectivity index (χ1v) is 5.50. The van der Waals surface area contributed by atoms with Crippen molar-refractivity contribution in [2.75, 3.05) is 14.1 Å². The lowest BCUT2D eigenvalue weighted by Gasteiger charge is -2.25. The van der Waals surface area contributed by atoms with Crippen LogP contribution in [0.4, 0.5) is 5.82 Å². The second kappa shape index (κ2) is 4.27. The van der Waals surface area contributed by atoms with Crippen LogP contribution in [0, 0.1) is 16.7 Å². The van der Waals surface area contributed by atoms with Crippen LogP contribution in [0.1, 0.15) is 32.0 Å². The van der Waals surface area contributed by atoms with Gasteiger partial charge in [0.2, 0.25) is 0 Å². The molecule has 0 aromatic carbocycles. The molecule has 0 amide bonds. The molecule has 4 nitrogen and oxygen atoms in total. The molecule has 0 atom stereocenters. The summed E-state index contributed by atoms with van der Waals surface area (Å²) in [7, 11) is 3.67. The summed E-state index contributed by atoms with van der Waals surface area (Å²) in [6.45, 7) is 6.24. The largest absolute Gasteiger partial charge is 0.257 e. The third-order valence-electron chi connectivity index (χ3n) is 2.63. The van der Waals surface area contributed by atoms with Crippen molar-refractivity contribution in [1.29, 1.82) is 10.7 Å². The van der Waals surface area contributed by atoms with Crippen molar-refractivity contribution < 1.29 is 0 Å². The molecule has 0 radical (unpaired) electrons. The van der Waals surface area contributed by atoms with Gasteiger partial charge < -0.3 is 0 Å². The van der Waals surface area contributed by atoms with Gasteiger partial charge in [0, 0.05) is 5.41 Å². The summed E-state index contributed by atoms with van der Waals surface area (Å²) in [6.07, 6.45) is 1.27. The molecular weight excluding hydrogens is 212 g/mol. The molecule has 1 aromatic rings. The van der Waals surface area contributed by atoms with Crippen molar-refractivity contribution in [2.45, 2.75) is 26.2 Å². The Labute approximate surface area is 103 Å². The van der Waals surface area contributed by atoms with Crippen LogP contribution < -0.4 is 4.48 Å². The predicted octanol–water partition coefficient (Wildman–Crippen LogP) is 2.42. The van der Waals surface area contributed by atoms with Crippen LogP contribution in [0.5, 0.6) is 0 Å². The maximum atomic E-state index is 9.10. The zero-order chi connectivity index (χ0) is 13.3. The highest BCUT2D eigenvalue weighted by Crippen LogP contribution is 2.26. The van der Waals surface area contributed by atoms with E-state index in [4.69, 9.17) is 10.7 Å². The van der Waals surface area contributed by atoms with E-state index in [2.05, 4.69) is 31.8 Å². The number of pyridine rings is 1. The highest BCUT2D eigenvalue weighted by molar-refractivity contribution is 5.71. The lowest BCUT2D eigenvalue weighted by Crippen LogP contribution is -2.40. The molecule has 0 bridgehead atoms.